The van der Waals surface area contributed by atoms with Gasteiger partial charge in [0, 0.05) is 48.2 Å². The van der Waals surface area contributed by atoms with Crippen molar-refractivity contribution in [3.8, 4) is 0 Å². The molecule has 0 rings (SSSR count). The zero-order chi connectivity index (χ0) is 0. The van der Waals surface area contributed by atoms with Crippen molar-refractivity contribution < 1.29 is 53.7 Å². The van der Waals surface area contributed by atoms with Crippen LogP contribution in [-0.4, -0.2) is 5.48 Å². The average Bonchev–Trinajstić information content (AvgIpc) is 0. The van der Waals surface area contributed by atoms with Crippen LogP contribution in [0.4, 0.5) is 0 Å². The Balaban J connectivity index is 0. The van der Waals surface area contributed by atoms with E-state index in [0.717, 1.165) is 0 Å². The number of rotatable bonds is 0. The van der Waals surface area contributed by atoms with Gasteiger partial charge in [-0.1, -0.05) is 7.43 Å². The first-order valence-corrected chi connectivity index (χ1v) is 0. The SMILES string of the molecule is C.O.[Hf].[Ta]. The second kappa shape index (κ2) is 23.6. The van der Waals surface area contributed by atoms with E-state index in [4.69, 9.17) is 0 Å². The summed E-state index contributed by atoms with van der Waals surface area (Å²) in [6.45, 7) is 0. The molecular formula is CH6HfOTa. The Bertz CT molecular complexity index is 8.00. The zero-order valence-electron chi connectivity index (χ0n) is 1.45. The van der Waals surface area contributed by atoms with Crippen molar-refractivity contribution in [1.29, 1.82) is 0 Å². The van der Waals surface area contributed by atoms with E-state index in [1.807, 2.05) is 0 Å². The van der Waals surface area contributed by atoms with Crippen LogP contribution in [0.2, 0.25) is 0 Å². The molecule has 0 bridgehead atoms. The van der Waals surface area contributed by atoms with Crippen molar-refractivity contribution in [1.82, 2.24) is 0 Å². The molecular weight excluding hydrogens is 387 g/mol. The van der Waals surface area contributed by atoms with Gasteiger partial charge in [-0.05, 0) is 0 Å². The summed E-state index contributed by atoms with van der Waals surface area (Å²) in [6.07, 6.45) is 0. The molecule has 0 fully saturated rings. The van der Waals surface area contributed by atoms with Gasteiger partial charge in [-0.15, -0.1) is 0 Å². The summed E-state index contributed by atoms with van der Waals surface area (Å²) in [5.74, 6) is 0. The van der Waals surface area contributed by atoms with Crippen molar-refractivity contribution in [2.45, 2.75) is 7.43 Å². The largest absolute Gasteiger partial charge is 0.412 e. The molecule has 0 aromatic heterocycles. The second-order valence-electron chi connectivity index (χ2n) is 0. The predicted molar refractivity (Wildman–Crippen MR) is 10.3 cm³/mol. The third kappa shape index (κ3) is 9.57. The Kier molecular flexibility index (Phi) is 279. The Hall–Kier alpha value is 1.57. The molecule has 0 aliphatic heterocycles. The van der Waals surface area contributed by atoms with Crippen molar-refractivity contribution in [2.75, 3.05) is 0 Å². The van der Waals surface area contributed by atoms with E-state index in [2.05, 4.69) is 0 Å². The maximum Gasteiger partial charge on any atom is 0 e. The monoisotopic (exact) mass is 395 g/mol. The molecule has 3 heteroatoms. The van der Waals surface area contributed by atoms with Gasteiger partial charge in [-0.25, -0.2) is 0 Å². The fraction of sp³-hybridized carbons (Fsp3) is 1.00. The van der Waals surface area contributed by atoms with Crippen LogP contribution < -0.4 is 0 Å². The Labute approximate surface area is 60.8 Å². The quantitative estimate of drug-likeness (QED) is 0.511. The first kappa shape index (κ1) is 47.2. The molecule has 4 heavy (non-hydrogen) atoms. The molecule has 0 aromatic rings. The van der Waals surface area contributed by atoms with Gasteiger partial charge in [-0.3, -0.25) is 0 Å². The number of hydrogen-bond acceptors (Lipinski definition) is 0. The standard InChI is InChI=1S/CH4.Hf.H2O.Ta/h1H4;;1H2;. The minimum atomic E-state index is 0. The van der Waals surface area contributed by atoms with E-state index < -0.39 is 0 Å². The van der Waals surface area contributed by atoms with Crippen molar-refractivity contribution in [2.24, 2.45) is 0 Å². The molecule has 0 saturated heterocycles. The van der Waals surface area contributed by atoms with E-state index in [-0.39, 0.29) is 61.1 Å². The maximum atomic E-state index is 0. The minimum Gasteiger partial charge on any atom is -0.412 e. The third-order valence-electron chi connectivity index (χ3n) is 0. The van der Waals surface area contributed by atoms with Gasteiger partial charge in [-0.2, -0.15) is 0 Å². The maximum absolute atomic E-state index is 0. The van der Waals surface area contributed by atoms with Gasteiger partial charge >= 0.3 is 0 Å². The summed E-state index contributed by atoms with van der Waals surface area (Å²) >= 11 is 0. The fourth-order valence-electron chi connectivity index (χ4n) is 0. The Morgan fingerprint density at radius 1 is 1.00 bits per heavy atom. The van der Waals surface area contributed by atoms with E-state index in [0.29, 0.717) is 0 Å². The van der Waals surface area contributed by atoms with E-state index >= 15 is 0 Å². The number of hydrogen-bond donors (Lipinski definition) is 0. The van der Waals surface area contributed by atoms with Crippen LogP contribution in [0.15, 0.2) is 0 Å². The molecule has 0 saturated carbocycles. The van der Waals surface area contributed by atoms with Gasteiger partial charge in [0.1, 0.15) is 0 Å². The van der Waals surface area contributed by atoms with Crippen LogP contribution in [0.5, 0.6) is 0 Å². The topological polar surface area (TPSA) is 31.5 Å². The zero-order valence-corrected chi connectivity index (χ0v) is 8.25. The predicted octanol–water partition coefficient (Wildman–Crippen LogP) is -0.194. The average molecular weight is 393 g/mol. The summed E-state index contributed by atoms with van der Waals surface area (Å²) in [5.41, 5.74) is 0. The molecule has 0 unspecified atom stereocenters. The van der Waals surface area contributed by atoms with E-state index in [1.54, 1.807) is 0 Å². The van der Waals surface area contributed by atoms with Crippen molar-refractivity contribution in [3.63, 3.8) is 0 Å². The molecule has 0 heterocycles. The first-order chi connectivity index (χ1) is 0. The van der Waals surface area contributed by atoms with Gasteiger partial charge in [0.25, 0.3) is 0 Å². The molecule has 0 amide bonds. The summed E-state index contributed by atoms with van der Waals surface area (Å²) in [5, 5.41) is 0. The van der Waals surface area contributed by atoms with E-state index in [9.17, 15) is 0 Å². The van der Waals surface area contributed by atoms with Crippen LogP contribution in [0.1, 0.15) is 7.43 Å². The van der Waals surface area contributed by atoms with Gasteiger partial charge < -0.3 is 5.48 Å². The van der Waals surface area contributed by atoms with Crippen molar-refractivity contribution in [3.05, 3.63) is 0 Å². The molecule has 0 aliphatic carbocycles. The Morgan fingerprint density at radius 3 is 1.00 bits per heavy atom. The molecule has 0 aliphatic rings. The first-order valence-electron chi connectivity index (χ1n) is 0. The van der Waals surface area contributed by atoms with Crippen molar-refractivity contribution >= 4 is 0 Å². The van der Waals surface area contributed by atoms with Gasteiger partial charge in [0.15, 0.2) is 0 Å². The summed E-state index contributed by atoms with van der Waals surface area (Å²) in [6, 6.07) is 0. The minimum absolute atomic E-state index is 0. The molecule has 0 spiro atoms. The fourth-order valence-corrected chi connectivity index (χ4v) is 0. The van der Waals surface area contributed by atoms with Crippen LogP contribution in [0.25, 0.3) is 0 Å². The molecule has 1 nitrogen and oxygen atoms in total. The van der Waals surface area contributed by atoms with E-state index in [1.165, 1.54) is 0 Å². The summed E-state index contributed by atoms with van der Waals surface area (Å²) < 4.78 is 0. The Morgan fingerprint density at radius 2 is 1.00 bits per heavy atom. The van der Waals surface area contributed by atoms with Crippen LogP contribution in [-0.2, 0) is 48.2 Å². The summed E-state index contributed by atoms with van der Waals surface area (Å²) in [4.78, 5) is 0. The third-order valence-corrected chi connectivity index (χ3v) is 0. The molecule has 1 radical (unpaired) electrons. The van der Waals surface area contributed by atoms with Gasteiger partial charge in [0.2, 0.25) is 0 Å². The molecule has 25 valence electrons. The summed E-state index contributed by atoms with van der Waals surface area (Å²) in [7, 11) is 0. The normalized spacial score (nSPS) is 0. The second-order valence-corrected chi connectivity index (χ2v) is 0. The van der Waals surface area contributed by atoms with Crippen LogP contribution >= 0.6 is 0 Å². The molecule has 0 aromatic carbocycles. The van der Waals surface area contributed by atoms with Crippen LogP contribution in [0, 0.1) is 0 Å². The molecule has 2 N–H and O–H groups in total. The van der Waals surface area contributed by atoms with Crippen LogP contribution in [0.3, 0.4) is 0 Å². The molecule has 0 atom stereocenters. The van der Waals surface area contributed by atoms with Gasteiger partial charge in [0.05, 0.1) is 0 Å². The smallest absolute Gasteiger partial charge is 0 e.